The van der Waals surface area contributed by atoms with Crippen LogP contribution in [0.5, 0.6) is 0 Å². The van der Waals surface area contributed by atoms with E-state index in [4.69, 9.17) is 0 Å². The summed E-state index contributed by atoms with van der Waals surface area (Å²) in [5, 5.41) is 0. The van der Waals surface area contributed by atoms with Crippen molar-refractivity contribution in [1.82, 2.24) is 0 Å². The highest BCUT2D eigenvalue weighted by atomic mass is 79.9. The fraction of sp³-hybridized carbons (Fsp3) is 0.714. The van der Waals surface area contributed by atoms with Gasteiger partial charge in [0, 0.05) is 0 Å². The summed E-state index contributed by atoms with van der Waals surface area (Å²) >= 11 is 7.57. The highest BCUT2D eigenvalue weighted by Gasteiger charge is 2.17. The molecule has 0 aliphatic heterocycles. The predicted molar refractivity (Wildman–Crippen MR) is 80.2 cm³/mol. The van der Waals surface area contributed by atoms with Crippen LogP contribution >= 0.6 is 31.9 Å². The van der Waals surface area contributed by atoms with Crippen LogP contribution in [0.15, 0.2) is 20.1 Å². The van der Waals surface area contributed by atoms with E-state index in [0.29, 0.717) is 0 Å². The van der Waals surface area contributed by atoms with Crippen LogP contribution in [-0.2, 0) is 0 Å². The van der Waals surface area contributed by atoms with E-state index in [0.717, 1.165) is 0 Å². The molecule has 0 spiro atoms. The molecule has 1 aliphatic rings. The summed E-state index contributed by atoms with van der Waals surface area (Å²) in [4.78, 5) is 0. The fourth-order valence-corrected chi connectivity index (χ4v) is 3.91. The van der Waals surface area contributed by atoms with E-state index in [2.05, 4.69) is 45.7 Å². The van der Waals surface area contributed by atoms with Crippen molar-refractivity contribution >= 4 is 31.9 Å². The number of allylic oxidation sites excluding steroid dienone is 4. The first-order chi connectivity index (χ1) is 7.70. The molecule has 0 N–H and O–H groups in total. The maximum Gasteiger partial charge on any atom is -0.00144 e. The zero-order valence-corrected chi connectivity index (χ0v) is 13.6. The lowest BCUT2D eigenvalue weighted by Crippen LogP contribution is -2.02. The summed E-state index contributed by atoms with van der Waals surface area (Å²) in [7, 11) is 0. The average Bonchev–Trinajstić information content (AvgIpc) is 2.30. The van der Waals surface area contributed by atoms with Crippen molar-refractivity contribution in [2.45, 2.75) is 65.2 Å². The lowest BCUT2D eigenvalue weighted by atomic mass is 9.88. The summed E-state index contributed by atoms with van der Waals surface area (Å²) in [6.45, 7) is 4.49. The van der Waals surface area contributed by atoms with Crippen molar-refractivity contribution in [3.05, 3.63) is 20.1 Å². The Hall–Kier alpha value is 0.440. The first kappa shape index (κ1) is 14.5. The van der Waals surface area contributed by atoms with Gasteiger partial charge in [0.05, 0.1) is 0 Å². The maximum atomic E-state index is 3.78. The highest BCUT2D eigenvalue weighted by Crippen LogP contribution is 2.39. The molecule has 0 aromatic carbocycles. The Labute approximate surface area is 117 Å². The van der Waals surface area contributed by atoms with Crippen LogP contribution in [0.3, 0.4) is 0 Å². The molecule has 0 nitrogen and oxygen atoms in total. The summed E-state index contributed by atoms with van der Waals surface area (Å²) in [6, 6.07) is 0. The predicted octanol–water partition coefficient (Wildman–Crippen LogP) is 6.46. The molecule has 2 heteroatoms. The third kappa shape index (κ3) is 4.03. The van der Waals surface area contributed by atoms with Crippen molar-refractivity contribution in [2.24, 2.45) is 0 Å². The van der Waals surface area contributed by atoms with E-state index >= 15 is 0 Å². The molecule has 1 rings (SSSR count). The van der Waals surface area contributed by atoms with Gasteiger partial charge >= 0.3 is 0 Å². The van der Waals surface area contributed by atoms with Crippen molar-refractivity contribution < 1.29 is 0 Å². The van der Waals surface area contributed by atoms with Crippen LogP contribution in [0.25, 0.3) is 0 Å². The minimum absolute atomic E-state index is 1.19. The van der Waals surface area contributed by atoms with Crippen molar-refractivity contribution in [1.29, 1.82) is 0 Å². The van der Waals surface area contributed by atoms with Crippen molar-refractivity contribution in [3.63, 3.8) is 0 Å². The van der Waals surface area contributed by atoms with E-state index < -0.39 is 0 Å². The molecule has 0 aromatic rings. The largest absolute Gasteiger partial charge is 0.0650 e. The van der Waals surface area contributed by atoms with Crippen LogP contribution < -0.4 is 0 Å². The summed E-state index contributed by atoms with van der Waals surface area (Å²) in [5.41, 5.74) is 3.18. The Bertz CT molecular complexity index is 257. The normalized spacial score (nSPS) is 23.2. The minimum Gasteiger partial charge on any atom is -0.0650 e. The van der Waals surface area contributed by atoms with E-state index in [-0.39, 0.29) is 0 Å². The second kappa shape index (κ2) is 7.71. The molecule has 0 saturated heterocycles. The third-order valence-corrected chi connectivity index (χ3v) is 4.81. The average molecular weight is 350 g/mol. The molecule has 0 bridgehead atoms. The summed E-state index contributed by atoms with van der Waals surface area (Å²) in [6.07, 6.45) is 10.0. The fourth-order valence-electron chi connectivity index (χ4n) is 2.24. The zero-order valence-electron chi connectivity index (χ0n) is 10.4. The van der Waals surface area contributed by atoms with Gasteiger partial charge in [-0.1, -0.05) is 58.5 Å². The number of halogens is 2. The van der Waals surface area contributed by atoms with Crippen LogP contribution in [-0.4, -0.2) is 0 Å². The smallest absolute Gasteiger partial charge is 0.00144 e. The Balaban J connectivity index is 2.95. The Morgan fingerprint density at radius 2 is 1.25 bits per heavy atom. The first-order valence-electron chi connectivity index (χ1n) is 6.46. The molecule has 0 aromatic heterocycles. The molecule has 1 aliphatic carbocycles. The third-order valence-electron chi connectivity index (χ3n) is 3.06. The van der Waals surface area contributed by atoms with Crippen LogP contribution in [0, 0.1) is 0 Å². The van der Waals surface area contributed by atoms with Crippen molar-refractivity contribution in [2.75, 3.05) is 0 Å². The molecule has 92 valence electrons. The minimum atomic E-state index is 1.19. The molecule has 0 heterocycles. The van der Waals surface area contributed by atoms with Gasteiger partial charge in [0.25, 0.3) is 0 Å². The van der Waals surface area contributed by atoms with Gasteiger partial charge < -0.3 is 0 Å². The van der Waals surface area contributed by atoms with E-state index in [1.54, 1.807) is 11.1 Å². The van der Waals surface area contributed by atoms with Crippen LogP contribution in [0.4, 0.5) is 0 Å². The Morgan fingerprint density at radius 1 is 0.875 bits per heavy atom. The Kier molecular flexibility index (Phi) is 6.98. The highest BCUT2D eigenvalue weighted by molar-refractivity contribution is 9.12. The maximum absolute atomic E-state index is 3.78. The second-order valence-corrected chi connectivity index (χ2v) is 6.39. The molecule has 1 saturated carbocycles. The van der Waals surface area contributed by atoms with E-state index in [1.807, 2.05) is 0 Å². The number of hydrogen-bond acceptors (Lipinski definition) is 0. The van der Waals surface area contributed by atoms with Gasteiger partial charge in [0.1, 0.15) is 0 Å². The van der Waals surface area contributed by atoms with E-state index in [9.17, 15) is 0 Å². The van der Waals surface area contributed by atoms with Gasteiger partial charge in [-0.05, 0) is 58.6 Å². The summed E-state index contributed by atoms with van der Waals surface area (Å²) in [5.74, 6) is 0. The molecule has 1 fully saturated rings. The quantitative estimate of drug-likeness (QED) is 0.546. The van der Waals surface area contributed by atoms with Crippen LogP contribution in [0.2, 0.25) is 0 Å². The van der Waals surface area contributed by atoms with Gasteiger partial charge in [0.2, 0.25) is 0 Å². The number of rotatable bonds is 4. The first-order valence-corrected chi connectivity index (χ1v) is 8.04. The molecule has 0 unspecified atom stereocenters. The zero-order chi connectivity index (χ0) is 12.0. The van der Waals surface area contributed by atoms with Gasteiger partial charge in [0.15, 0.2) is 0 Å². The molecule has 0 atom stereocenters. The monoisotopic (exact) mass is 348 g/mol. The molecular formula is C14H22Br2. The lowest BCUT2D eigenvalue weighted by Gasteiger charge is -2.22. The van der Waals surface area contributed by atoms with Gasteiger partial charge in [-0.25, -0.2) is 0 Å². The van der Waals surface area contributed by atoms with E-state index in [1.165, 1.54) is 60.3 Å². The number of hydrogen-bond donors (Lipinski definition) is 0. The Morgan fingerprint density at radius 3 is 1.56 bits per heavy atom. The van der Waals surface area contributed by atoms with Gasteiger partial charge in [-0.15, -0.1) is 0 Å². The molecule has 0 amide bonds. The second-order valence-electron chi connectivity index (χ2n) is 4.47. The SMILES string of the molecule is CCC/C(Br)=C1\CCCC\C1=C(\Br)CCC. The van der Waals surface area contributed by atoms with Crippen molar-refractivity contribution in [3.8, 4) is 0 Å². The standard InChI is InChI=1S/C14H22Br2/c1-3-7-13(15)11-9-5-6-10-12(11)14(16)8-4-2/h3-10H2,1-2H3/b13-11-,14-12-. The summed E-state index contributed by atoms with van der Waals surface area (Å²) < 4.78 is 2.88. The lowest BCUT2D eigenvalue weighted by molar-refractivity contribution is 0.668. The molecule has 0 radical (unpaired) electrons. The molecule has 16 heavy (non-hydrogen) atoms. The van der Waals surface area contributed by atoms with Gasteiger partial charge in [-0.3, -0.25) is 0 Å². The molecular weight excluding hydrogens is 328 g/mol. The van der Waals surface area contributed by atoms with Crippen LogP contribution in [0.1, 0.15) is 65.2 Å². The van der Waals surface area contributed by atoms with Gasteiger partial charge in [-0.2, -0.15) is 0 Å². The topological polar surface area (TPSA) is 0 Å².